The van der Waals surface area contributed by atoms with Gasteiger partial charge in [-0.2, -0.15) is 0 Å². The molecule has 0 amide bonds. The lowest BCUT2D eigenvalue weighted by Gasteiger charge is -2.13. The van der Waals surface area contributed by atoms with Crippen LogP contribution in [0, 0.1) is 10.1 Å². The van der Waals surface area contributed by atoms with E-state index in [9.17, 15) is 10.1 Å². The standard InChI is InChI=1S/C12H16N2O5/c1-8(6-17-2)13-5-9-3-11-12(19-7-18-11)4-10(9)14(15)16/h3-4,8,13H,5-7H2,1-2H3/t8-/m1/s1. The lowest BCUT2D eigenvalue weighted by molar-refractivity contribution is -0.385. The molecule has 7 heteroatoms. The molecule has 0 bridgehead atoms. The molecular formula is C12H16N2O5. The highest BCUT2D eigenvalue weighted by atomic mass is 16.7. The maximum atomic E-state index is 11.0. The molecule has 1 aliphatic heterocycles. The minimum Gasteiger partial charge on any atom is -0.454 e. The fourth-order valence-corrected chi connectivity index (χ4v) is 1.88. The highest BCUT2D eigenvalue weighted by molar-refractivity contribution is 5.55. The van der Waals surface area contributed by atoms with E-state index in [1.54, 1.807) is 13.2 Å². The van der Waals surface area contributed by atoms with E-state index in [-0.39, 0.29) is 18.5 Å². The number of hydrogen-bond donors (Lipinski definition) is 1. The number of benzene rings is 1. The van der Waals surface area contributed by atoms with E-state index >= 15 is 0 Å². The first-order valence-electron chi connectivity index (χ1n) is 5.91. The van der Waals surface area contributed by atoms with Gasteiger partial charge in [-0.25, -0.2) is 0 Å². The van der Waals surface area contributed by atoms with Crippen LogP contribution in [0.2, 0.25) is 0 Å². The minimum atomic E-state index is -0.417. The Morgan fingerprint density at radius 1 is 1.47 bits per heavy atom. The molecule has 0 spiro atoms. The molecule has 0 aromatic heterocycles. The van der Waals surface area contributed by atoms with Gasteiger partial charge in [-0.3, -0.25) is 10.1 Å². The van der Waals surface area contributed by atoms with Crippen LogP contribution in [-0.2, 0) is 11.3 Å². The van der Waals surface area contributed by atoms with Gasteiger partial charge in [0.2, 0.25) is 6.79 Å². The maximum absolute atomic E-state index is 11.0. The number of nitro groups is 1. The molecule has 1 aromatic rings. The summed E-state index contributed by atoms with van der Waals surface area (Å²) in [5.74, 6) is 0.960. The summed E-state index contributed by atoms with van der Waals surface area (Å²) >= 11 is 0. The highest BCUT2D eigenvalue weighted by Crippen LogP contribution is 2.37. The van der Waals surface area contributed by atoms with Gasteiger partial charge in [0.05, 0.1) is 17.6 Å². The van der Waals surface area contributed by atoms with Gasteiger partial charge < -0.3 is 19.5 Å². The second kappa shape index (κ2) is 5.85. The van der Waals surface area contributed by atoms with Crippen molar-refractivity contribution < 1.29 is 19.1 Å². The van der Waals surface area contributed by atoms with Crippen molar-refractivity contribution in [1.82, 2.24) is 5.32 Å². The molecule has 1 heterocycles. The van der Waals surface area contributed by atoms with E-state index in [0.29, 0.717) is 30.2 Å². The van der Waals surface area contributed by atoms with Gasteiger partial charge in [-0.15, -0.1) is 0 Å². The molecule has 0 saturated carbocycles. The number of hydrogen-bond acceptors (Lipinski definition) is 6. The molecule has 0 aliphatic carbocycles. The lowest BCUT2D eigenvalue weighted by Crippen LogP contribution is -2.29. The van der Waals surface area contributed by atoms with Crippen LogP contribution in [0.4, 0.5) is 5.69 Å². The molecular weight excluding hydrogens is 252 g/mol. The zero-order chi connectivity index (χ0) is 13.8. The predicted molar refractivity (Wildman–Crippen MR) is 67.4 cm³/mol. The number of ether oxygens (including phenoxy) is 3. The van der Waals surface area contributed by atoms with Gasteiger partial charge in [0.25, 0.3) is 5.69 Å². The van der Waals surface area contributed by atoms with Gasteiger partial charge in [0.1, 0.15) is 0 Å². The third-order valence-electron chi connectivity index (χ3n) is 2.83. The lowest BCUT2D eigenvalue weighted by atomic mass is 10.1. The van der Waals surface area contributed by atoms with Gasteiger partial charge in [-0.05, 0) is 13.0 Å². The average molecular weight is 268 g/mol. The molecule has 19 heavy (non-hydrogen) atoms. The Morgan fingerprint density at radius 2 is 2.16 bits per heavy atom. The van der Waals surface area contributed by atoms with Gasteiger partial charge in [0.15, 0.2) is 11.5 Å². The van der Waals surface area contributed by atoms with E-state index in [0.717, 1.165) is 0 Å². The second-order valence-electron chi connectivity index (χ2n) is 4.33. The van der Waals surface area contributed by atoms with Crippen LogP contribution in [0.1, 0.15) is 12.5 Å². The van der Waals surface area contributed by atoms with E-state index in [4.69, 9.17) is 14.2 Å². The molecule has 1 atom stereocenters. The molecule has 7 nitrogen and oxygen atoms in total. The first kappa shape index (κ1) is 13.6. The largest absolute Gasteiger partial charge is 0.454 e. The third kappa shape index (κ3) is 3.12. The van der Waals surface area contributed by atoms with Gasteiger partial charge in [-0.1, -0.05) is 0 Å². The van der Waals surface area contributed by atoms with Crippen molar-refractivity contribution >= 4 is 5.69 Å². The fourth-order valence-electron chi connectivity index (χ4n) is 1.88. The quantitative estimate of drug-likeness (QED) is 0.621. The summed E-state index contributed by atoms with van der Waals surface area (Å²) in [6, 6.07) is 3.16. The van der Waals surface area contributed by atoms with Crippen molar-refractivity contribution in [3.8, 4) is 11.5 Å². The van der Waals surface area contributed by atoms with Gasteiger partial charge >= 0.3 is 0 Å². The molecule has 1 N–H and O–H groups in total. The summed E-state index contributed by atoms with van der Waals surface area (Å²) in [5, 5.41) is 14.2. The van der Waals surface area contributed by atoms with Crippen LogP contribution in [0.3, 0.4) is 0 Å². The SMILES string of the molecule is COC[C@@H](C)NCc1cc2c(cc1[N+](=O)[O-])OCO2. The van der Waals surface area contributed by atoms with Gasteiger partial charge in [0, 0.05) is 25.3 Å². The van der Waals surface area contributed by atoms with Crippen molar-refractivity contribution in [3.05, 3.63) is 27.8 Å². The van der Waals surface area contributed by atoms with E-state index < -0.39 is 4.92 Å². The van der Waals surface area contributed by atoms with Crippen molar-refractivity contribution in [3.63, 3.8) is 0 Å². The van der Waals surface area contributed by atoms with Crippen molar-refractivity contribution in [1.29, 1.82) is 0 Å². The molecule has 0 saturated heterocycles. The first-order chi connectivity index (χ1) is 9.11. The number of nitrogens with one attached hydrogen (secondary N) is 1. The maximum Gasteiger partial charge on any atom is 0.277 e. The summed E-state index contributed by atoms with van der Waals surface area (Å²) in [7, 11) is 1.61. The number of nitro benzene ring substituents is 1. The molecule has 0 unspecified atom stereocenters. The number of methoxy groups -OCH3 is 1. The highest BCUT2D eigenvalue weighted by Gasteiger charge is 2.23. The molecule has 2 rings (SSSR count). The van der Waals surface area contributed by atoms with E-state index in [1.807, 2.05) is 6.92 Å². The summed E-state index contributed by atoms with van der Waals surface area (Å²) in [4.78, 5) is 10.6. The number of nitrogens with zero attached hydrogens (tertiary/aromatic N) is 1. The average Bonchev–Trinajstić information content (AvgIpc) is 2.82. The van der Waals surface area contributed by atoms with E-state index in [2.05, 4.69) is 5.32 Å². The Morgan fingerprint density at radius 3 is 2.79 bits per heavy atom. The smallest absolute Gasteiger partial charge is 0.277 e. The fraction of sp³-hybridized carbons (Fsp3) is 0.500. The normalized spacial score (nSPS) is 14.4. The molecule has 1 aromatic carbocycles. The Bertz CT molecular complexity index is 477. The molecule has 0 fully saturated rings. The Balaban J connectivity index is 2.16. The molecule has 1 aliphatic rings. The van der Waals surface area contributed by atoms with Crippen LogP contribution in [0.15, 0.2) is 12.1 Å². The summed E-state index contributed by atoms with van der Waals surface area (Å²) in [6.07, 6.45) is 0. The minimum absolute atomic E-state index is 0.0290. The molecule has 104 valence electrons. The van der Waals surface area contributed by atoms with Crippen molar-refractivity contribution in [2.75, 3.05) is 20.5 Å². The number of fused-ring (bicyclic) bond motifs is 1. The zero-order valence-corrected chi connectivity index (χ0v) is 10.8. The predicted octanol–water partition coefficient (Wildman–Crippen LogP) is 1.45. The topological polar surface area (TPSA) is 82.9 Å². The summed E-state index contributed by atoms with van der Waals surface area (Å²) in [5.41, 5.74) is 0.596. The Hall–Kier alpha value is -1.86. The zero-order valence-electron chi connectivity index (χ0n) is 10.8. The van der Waals surface area contributed by atoms with E-state index in [1.165, 1.54) is 6.07 Å². The number of rotatable bonds is 6. The Labute approximate surface area is 110 Å². The monoisotopic (exact) mass is 268 g/mol. The first-order valence-corrected chi connectivity index (χ1v) is 5.91. The summed E-state index contributed by atoms with van der Waals surface area (Å²) in [6.45, 7) is 2.96. The summed E-state index contributed by atoms with van der Waals surface area (Å²) < 4.78 is 15.4. The van der Waals surface area contributed by atoms with Crippen molar-refractivity contribution in [2.24, 2.45) is 0 Å². The van der Waals surface area contributed by atoms with Crippen LogP contribution in [0.25, 0.3) is 0 Å². The molecule has 0 radical (unpaired) electrons. The van der Waals surface area contributed by atoms with Crippen molar-refractivity contribution in [2.45, 2.75) is 19.5 Å². The second-order valence-corrected chi connectivity index (χ2v) is 4.33. The van der Waals surface area contributed by atoms with Crippen LogP contribution >= 0.6 is 0 Å². The van der Waals surface area contributed by atoms with Crippen LogP contribution < -0.4 is 14.8 Å². The van der Waals surface area contributed by atoms with Crippen LogP contribution in [-0.4, -0.2) is 31.5 Å². The third-order valence-corrected chi connectivity index (χ3v) is 2.83. The van der Waals surface area contributed by atoms with Crippen LogP contribution in [0.5, 0.6) is 11.5 Å². The Kier molecular flexibility index (Phi) is 4.18.